The third-order valence-corrected chi connectivity index (χ3v) is 4.64. The maximum atomic E-state index is 14.3. The van der Waals surface area contributed by atoms with Crippen molar-refractivity contribution in [2.75, 3.05) is 20.1 Å². The molecule has 0 aromatic heterocycles. The van der Waals surface area contributed by atoms with Gasteiger partial charge in [-0.3, -0.25) is 4.79 Å². The first-order valence-corrected chi connectivity index (χ1v) is 8.11. The lowest BCUT2D eigenvalue weighted by atomic mass is 9.93. The van der Waals surface area contributed by atoms with E-state index in [1.54, 1.807) is 35.0 Å². The van der Waals surface area contributed by atoms with E-state index in [-0.39, 0.29) is 11.7 Å². The molecule has 0 saturated carbocycles. The summed E-state index contributed by atoms with van der Waals surface area (Å²) in [5.41, 5.74) is 1.71. The Hall–Kier alpha value is -1.95. The molecule has 0 fully saturated rings. The molecule has 1 heterocycles. The number of hydrogen-bond acceptors (Lipinski definition) is 2. The number of benzene rings is 1. The smallest absolute Gasteiger partial charge is 0.253 e. The van der Waals surface area contributed by atoms with Gasteiger partial charge in [0, 0.05) is 31.4 Å². The van der Waals surface area contributed by atoms with Crippen molar-refractivity contribution in [3.63, 3.8) is 0 Å². The van der Waals surface area contributed by atoms with Crippen LogP contribution >= 0.6 is 12.2 Å². The first-order valence-electron chi connectivity index (χ1n) is 7.71. The number of rotatable bonds is 4. The number of allylic oxidation sites excluding steroid dienone is 1. The van der Waals surface area contributed by atoms with E-state index in [1.165, 1.54) is 6.07 Å². The van der Waals surface area contributed by atoms with Crippen LogP contribution in [-0.2, 0) is 4.79 Å². The molecule has 6 heteroatoms. The van der Waals surface area contributed by atoms with Crippen LogP contribution in [0.1, 0.15) is 32.4 Å². The second-order valence-corrected chi connectivity index (χ2v) is 5.83. The largest absolute Gasteiger partial charge is 0.351 e. The number of thiocarbonyl (C=S) groups is 1. The van der Waals surface area contributed by atoms with Gasteiger partial charge in [0.2, 0.25) is 0 Å². The van der Waals surface area contributed by atoms with Crippen LogP contribution in [0.2, 0.25) is 0 Å². The number of carbonyl (C=O) groups is 1. The van der Waals surface area contributed by atoms with Crippen LogP contribution in [0.5, 0.6) is 0 Å². The van der Waals surface area contributed by atoms with E-state index in [4.69, 9.17) is 12.2 Å². The normalized spacial score (nSPS) is 18.0. The number of halogens is 1. The van der Waals surface area contributed by atoms with Gasteiger partial charge in [-0.05, 0) is 39.1 Å². The predicted octanol–water partition coefficient (Wildman–Crippen LogP) is 2.83. The number of hydrogen-bond donors (Lipinski definition) is 1. The van der Waals surface area contributed by atoms with E-state index in [1.807, 2.05) is 20.8 Å². The van der Waals surface area contributed by atoms with Crippen molar-refractivity contribution in [2.24, 2.45) is 0 Å². The Balaban J connectivity index is 2.57. The van der Waals surface area contributed by atoms with Crippen LogP contribution in [0, 0.1) is 5.82 Å². The zero-order valence-electron chi connectivity index (χ0n) is 13.9. The zero-order valence-corrected chi connectivity index (χ0v) is 14.7. The van der Waals surface area contributed by atoms with Gasteiger partial charge < -0.3 is 15.1 Å². The van der Waals surface area contributed by atoms with Crippen molar-refractivity contribution >= 4 is 23.2 Å². The molecule has 2 rings (SSSR count). The zero-order chi connectivity index (χ0) is 17.1. The number of likely N-dealkylation sites (N-methyl/N-ethyl adjacent to an activating group) is 1. The highest BCUT2D eigenvalue weighted by Gasteiger charge is 2.35. The Labute approximate surface area is 142 Å². The maximum Gasteiger partial charge on any atom is 0.253 e. The summed E-state index contributed by atoms with van der Waals surface area (Å²) in [6.45, 7) is 6.91. The van der Waals surface area contributed by atoms with E-state index in [2.05, 4.69) is 5.32 Å². The van der Waals surface area contributed by atoms with Gasteiger partial charge in [-0.2, -0.15) is 0 Å². The maximum absolute atomic E-state index is 14.3. The molecule has 1 aromatic rings. The Kier molecular flexibility index (Phi) is 5.36. The highest BCUT2D eigenvalue weighted by atomic mass is 32.1. The quantitative estimate of drug-likeness (QED) is 0.859. The van der Waals surface area contributed by atoms with Gasteiger partial charge >= 0.3 is 0 Å². The summed E-state index contributed by atoms with van der Waals surface area (Å²) in [5.74, 6) is -0.447. The summed E-state index contributed by atoms with van der Waals surface area (Å²) in [6, 6.07) is 5.90. The fourth-order valence-electron chi connectivity index (χ4n) is 2.74. The molecule has 4 nitrogen and oxygen atoms in total. The molecule has 1 aromatic carbocycles. The average molecular weight is 335 g/mol. The van der Waals surface area contributed by atoms with Crippen LogP contribution in [0.25, 0.3) is 0 Å². The van der Waals surface area contributed by atoms with Gasteiger partial charge in [0.1, 0.15) is 5.82 Å². The molecular formula is C17H22FN3OS. The SMILES string of the molecule is CCN(CC)C(=O)C1=C(C)N(C)C(=S)N[C@@H]1c1ccccc1F. The van der Waals surface area contributed by atoms with E-state index in [0.29, 0.717) is 29.3 Å². The average Bonchev–Trinajstić information content (AvgIpc) is 2.54. The lowest BCUT2D eigenvalue weighted by molar-refractivity contribution is -0.127. The molecule has 1 amide bonds. The Morgan fingerprint density at radius 2 is 1.96 bits per heavy atom. The van der Waals surface area contributed by atoms with Gasteiger partial charge in [0.15, 0.2) is 5.11 Å². The topological polar surface area (TPSA) is 35.6 Å². The summed E-state index contributed by atoms with van der Waals surface area (Å²) < 4.78 is 14.3. The van der Waals surface area contributed by atoms with E-state index in [9.17, 15) is 9.18 Å². The van der Waals surface area contributed by atoms with Gasteiger partial charge in [-0.15, -0.1) is 0 Å². The first-order chi connectivity index (χ1) is 10.9. The molecule has 0 aliphatic carbocycles. The summed E-state index contributed by atoms with van der Waals surface area (Å²) in [6.07, 6.45) is 0. The lowest BCUT2D eigenvalue weighted by Gasteiger charge is -2.37. The van der Waals surface area contributed by atoms with E-state index < -0.39 is 6.04 Å². The Morgan fingerprint density at radius 1 is 1.35 bits per heavy atom. The van der Waals surface area contributed by atoms with Gasteiger partial charge in [-0.25, -0.2) is 4.39 Å². The number of amides is 1. The van der Waals surface area contributed by atoms with Crippen molar-refractivity contribution in [1.82, 2.24) is 15.1 Å². The van der Waals surface area contributed by atoms with E-state index in [0.717, 1.165) is 5.70 Å². The van der Waals surface area contributed by atoms with Gasteiger partial charge in [-0.1, -0.05) is 18.2 Å². The van der Waals surface area contributed by atoms with Gasteiger partial charge in [0.25, 0.3) is 5.91 Å². The summed E-state index contributed by atoms with van der Waals surface area (Å²) in [4.78, 5) is 16.4. The number of carbonyl (C=O) groups excluding carboxylic acids is 1. The lowest BCUT2D eigenvalue weighted by Crippen LogP contribution is -2.48. The van der Waals surface area contributed by atoms with Crippen LogP contribution in [0.3, 0.4) is 0 Å². The molecular weight excluding hydrogens is 313 g/mol. The minimum atomic E-state index is -0.576. The standard InChI is InChI=1S/C17H22FN3OS/c1-5-21(6-2)16(22)14-11(3)20(4)17(23)19-15(14)12-9-7-8-10-13(12)18/h7-10,15H,5-6H2,1-4H3,(H,19,23)/t15-/m1/s1. The molecule has 0 bridgehead atoms. The van der Waals surface area contributed by atoms with Crippen LogP contribution < -0.4 is 5.32 Å². The fraction of sp³-hybridized carbons (Fsp3) is 0.412. The Morgan fingerprint density at radius 3 is 2.52 bits per heavy atom. The van der Waals surface area contributed by atoms with Crippen molar-refractivity contribution in [1.29, 1.82) is 0 Å². The summed E-state index contributed by atoms with van der Waals surface area (Å²) in [5, 5.41) is 3.58. The molecule has 0 unspecified atom stereocenters. The van der Waals surface area contributed by atoms with Crippen molar-refractivity contribution in [3.05, 3.63) is 46.9 Å². The molecule has 23 heavy (non-hydrogen) atoms. The molecule has 0 saturated heterocycles. The molecule has 1 N–H and O–H groups in total. The highest BCUT2D eigenvalue weighted by molar-refractivity contribution is 7.80. The summed E-state index contributed by atoms with van der Waals surface area (Å²) in [7, 11) is 1.80. The van der Waals surface area contributed by atoms with Crippen LogP contribution in [-0.4, -0.2) is 41.0 Å². The van der Waals surface area contributed by atoms with Crippen molar-refractivity contribution in [3.8, 4) is 0 Å². The second kappa shape index (κ2) is 7.08. The Bertz CT molecular complexity index is 655. The molecule has 1 aliphatic heterocycles. The first kappa shape index (κ1) is 17.4. The minimum absolute atomic E-state index is 0.0948. The monoisotopic (exact) mass is 335 g/mol. The molecule has 124 valence electrons. The van der Waals surface area contributed by atoms with Crippen LogP contribution in [0.4, 0.5) is 4.39 Å². The number of nitrogens with zero attached hydrogens (tertiary/aromatic N) is 2. The molecule has 1 aliphatic rings. The third kappa shape index (κ3) is 3.22. The summed E-state index contributed by atoms with van der Waals surface area (Å²) >= 11 is 5.32. The highest BCUT2D eigenvalue weighted by Crippen LogP contribution is 2.32. The van der Waals surface area contributed by atoms with Crippen molar-refractivity contribution < 1.29 is 9.18 Å². The van der Waals surface area contributed by atoms with E-state index >= 15 is 0 Å². The van der Waals surface area contributed by atoms with Crippen LogP contribution in [0.15, 0.2) is 35.5 Å². The fourth-order valence-corrected chi connectivity index (χ4v) is 2.99. The minimum Gasteiger partial charge on any atom is -0.351 e. The second-order valence-electron chi connectivity index (χ2n) is 5.44. The van der Waals surface area contributed by atoms with Crippen molar-refractivity contribution in [2.45, 2.75) is 26.8 Å². The predicted molar refractivity (Wildman–Crippen MR) is 93.3 cm³/mol. The third-order valence-electron chi connectivity index (χ3n) is 4.25. The molecule has 1 atom stereocenters. The van der Waals surface area contributed by atoms with Gasteiger partial charge in [0.05, 0.1) is 11.6 Å². The molecule has 0 radical (unpaired) electrons. The molecule has 0 spiro atoms. The number of nitrogens with one attached hydrogen (secondary N) is 1.